The van der Waals surface area contributed by atoms with Crippen molar-refractivity contribution in [3.8, 4) is 11.5 Å². The highest BCUT2D eigenvalue weighted by molar-refractivity contribution is 5.45. The molecule has 2 aromatic rings. The summed E-state index contributed by atoms with van der Waals surface area (Å²) in [6, 6.07) is 7.34. The number of ether oxygens (including phenoxy) is 2. The fourth-order valence-electron chi connectivity index (χ4n) is 2.21. The molecule has 0 radical (unpaired) electrons. The Morgan fingerprint density at radius 3 is 2.45 bits per heavy atom. The average molecular weight is 273 g/mol. The standard InChI is InChI=1S/C16H19NO3/c1-10-7-11(2)15(17-9-10)16(18)13-8-12(19-3)5-6-14(13)20-4/h5-9,16,18H,1-4H3. The van der Waals surface area contributed by atoms with E-state index in [-0.39, 0.29) is 0 Å². The molecule has 0 saturated heterocycles. The van der Waals surface area contributed by atoms with Crippen molar-refractivity contribution < 1.29 is 14.6 Å². The summed E-state index contributed by atoms with van der Waals surface area (Å²) in [6.45, 7) is 3.91. The summed E-state index contributed by atoms with van der Waals surface area (Å²) in [4.78, 5) is 4.34. The Morgan fingerprint density at radius 1 is 1.10 bits per heavy atom. The summed E-state index contributed by atoms with van der Waals surface area (Å²) < 4.78 is 10.5. The van der Waals surface area contributed by atoms with Crippen LogP contribution in [0.1, 0.15) is 28.5 Å². The van der Waals surface area contributed by atoms with Gasteiger partial charge in [0.05, 0.1) is 19.9 Å². The minimum atomic E-state index is -0.847. The summed E-state index contributed by atoms with van der Waals surface area (Å²) in [5.74, 6) is 1.28. The van der Waals surface area contributed by atoms with E-state index in [0.717, 1.165) is 11.1 Å². The van der Waals surface area contributed by atoms with Crippen LogP contribution in [0.2, 0.25) is 0 Å². The van der Waals surface area contributed by atoms with Gasteiger partial charge in [0.25, 0.3) is 0 Å². The van der Waals surface area contributed by atoms with Gasteiger partial charge in [0.2, 0.25) is 0 Å². The topological polar surface area (TPSA) is 51.6 Å². The summed E-state index contributed by atoms with van der Waals surface area (Å²) in [5.41, 5.74) is 3.28. The van der Waals surface area contributed by atoms with E-state index >= 15 is 0 Å². The monoisotopic (exact) mass is 273 g/mol. The molecule has 0 amide bonds. The Morgan fingerprint density at radius 2 is 1.85 bits per heavy atom. The van der Waals surface area contributed by atoms with Crippen LogP contribution in [-0.2, 0) is 0 Å². The minimum Gasteiger partial charge on any atom is -0.497 e. The van der Waals surface area contributed by atoms with Crippen LogP contribution >= 0.6 is 0 Å². The van der Waals surface area contributed by atoms with E-state index in [9.17, 15) is 5.11 Å². The molecule has 1 aromatic heterocycles. The zero-order valence-corrected chi connectivity index (χ0v) is 12.2. The molecule has 106 valence electrons. The van der Waals surface area contributed by atoms with Gasteiger partial charge in [-0.15, -0.1) is 0 Å². The van der Waals surface area contributed by atoms with Crippen LogP contribution in [0.5, 0.6) is 11.5 Å². The van der Waals surface area contributed by atoms with Crippen LogP contribution in [0.4, 0.5) is 0 Å². The number of methoxy groups -OCH3 is 2. The number of hydrogen-bond donors (Lipinski definition) is 1. The van der Waals surface area contributed by atoms with Gasteiger partial charge >= 0.3 is 0 Å². The lowest BCUT2D eigenvalue weighted by Gasteiger charge is -2.17. The van der Waals surface area contributed by atoms with Crippen LogP contribution in [-0.4, -0.2) is 24.3 Å². The molecular formula is C16H19NO3. The van der Waals surface area contributed by atoms with Gasteiger partial charge in [-0.3, -0.25) is 4.98 Å². The van der Waals surface area contributed by atoms with Crippen molar-refractivity contribution in [2.75, 3.05) is 14.2 Å². The third kappa shape index (κ3) is 2.75. The van der Waals surface area contributed by atoms with Crippen molar-refractivity contribution in [3.63, 3.8) is 0 Å². The number of aliphatic hydroxyl groups excluding tert-OH is 1. The number of aromatic nitrogens is 1. The van der Waals surface area contributed by atoms with Crippen LogP contribution in [0, 0.1) is 13.8 Å². The second-order valence-corrected chi connectivity index (χ2v) is 4.73. The second kappa shape index (κ2) is 5.92. The number of rotatable bonds is 4. The average Bonchev–Trinajstić information content (AvgIpc) is 2.46. The van der Waals surface area contributed by atoms with Gasteiger partial charge in [-0.05, 0) is 43.2 Å². The molecular weight excluding hydrogens is 254 g/mol. The molecule has 0 spiro atoms. The van der Waals surface area contributed by atoms with Gasteiger partial charge in [0.1, 0.15) is 17.6 Å². The van der Waals surface area contributed by atoms with Crippen LogP contribution in [0.25, 0.3) is 0 Å². The summed E-state index contributed by atoms with van der Waals surface area (Å²) in [6.07, 6.45) is 0.902. The number of aliphatic hydroxyl groups is 1. The van der Waals surface area contributed by atoms with Crippen molar-refractivity contribution in [1.82, 2.24) is 4.98 Å². The van der Waals surface area contributed by atoms with Gasteiger partial charge in [0, 0.05) is 11.8 Å². The van der Waals surface area contributed by atoms with Crippen molar-refractivity contribution >= 4 is 0 Å². The molecule has 0 aliphatic carbocycles. The lowest BCUT2D eigenvalue weighted by Crippen LogP contribution is -2.07. The molecule has 4 heteroatoms. The zero-order chi connectivity index (χ0) is 14.7. The Kier molecular flexibility index (Phi) is 4.25. The van der Waals surface area contributed by atoms with Crippen molar-refractivity contribution in [2.24, 2.45) is 0 Å². The minimum absolute atomic E-state index is 0.611. The molecule has 1 N–H and O–H groups in total. The van der Waals surface area contributed by atoms with E-state index in [2.05, 4.69) is 4.98 Å². The van der Waals surface area contributed by atoms with Gasteiger partial charge in [-0.25, -0.2) is 0 Å². The zero-order valence-electron chi connectivity index (χ0n) is 12.2. The Bertz CT molecular complexity index is 611. The smallest absolute Gasteiger partial charge is 0.125 e. The number of benzene rings is 1. The predicted octanol–water partition coefficient (Wildman–Crippen LogP) is 2.80. The first-order valence-corrected chi connectivity index (χ1v) is 6.40. The number of hydrogen-bond acceptors (Lipinski definition) is 4. The van der Waals surface area contributed by atoms with Gasteiger partial charge in [-0.1, -0.05) is 6.07 Å². The largest absolute Gasteiger partial charge is 0.497 e. The van der Waals surface area contributed by atoms with E-state index in [4.69, 9.17) is 9.47 Å². The molecule has 1 aromatic carbocycles. The number of pyridine rings is 1. The summed E-state index contributed by atoms with van der Waals surface area (Å²) in [7, 11) is 3.17. The van der Waals surface area contributed by atoms with Crippen molar-refractivity contribution in [2.45, 2.75) is 20.0 Å². The summed E-state index contributed by atoms with van der Waals surface area (Å²) >= 11 is 0. The molecule has 1 unspecified atom stereocenters. The summed E-state index contributed by atoms with van der Waals surface area (Å²) in [5, 5.41) is 10.6. The molecule has 20 heavy (non-hydrogen) atoms. The lowest BCUT2D eigenvalue weighted by atomic mass is 10.0. The first kappa shape index (κ1) is 14.3. The molecule has 1 heterocycles. The Hall–Kier alpha value is -2.07. The van der Waals surface area contributed by atoms with Gasteiger partial charge in [-0.2, -0.15) is 0 Å². The predicted molar refractivity (Wildman–Crippen MR) is 77.3 cm³/mol. The third-order valence-electron chi connectivity index (χ3n) is 3.25. The molecule has 0 fully saturated rings. The third-order valence-corrected chi connectivity index (χ3v) is 3.25. The quantitative estimate of drug-likeness (QED) is 0.930. The van der Waals surface area contributed by atoms with E-state index in [1.165, 1.54) is 0 Å². The molecule has 1 atom stereocenters. The van der Waals surface area contributed by atoms with Gasteiger partial charge in [0.15, 0.2) is 0 Å². The van der Waals surface area contributed by atoms with E-state index < -0.39 is 6.10 Å². The highest BCUT2D eigenvalue weighted by Crippen LogP contribution is 2.33. The lowest BCUT2D eigenvalue weighted by molar-refractivity contribution is 0.208. The van der Waals surface area contributed by atoms with Crippen LogP contribution < -0.4 is 9.47 Å². The fraction of sp³-hybridized carbons (Fsp3) is 0.312. The molecule has 0 aliphatic heterocycles. The molecule has 2 rings (SSSR count). The first-order chi connectivity index (χ1) is 9.56. The molecule has 0 aliphatic rings. The van der Waals surface area contributed by atoms with E-state index in [1.54, 1.807) is 38.6 Å². The molecule has 0 bridgehead atoms. The van der Waals surface area contributed by atoms with Gasteiger partial charge < -0.3 is 14.6 Å². The number of aryl methyl sites for hydroxylation is 2. The van der Waals surface area contributed by atoms with Crippen LogP contribution in [0.15, 0.2) is 30.5 Å². The second-order valence-electron chi connectivity index (χ2n) is 4.73. The van der Waals surface area contributed by atoms with Crippen molar-refractivity contribution in [1.29, 1.82) is 0 Å². The highest BCUT2D eigenvalue weighted by atomic mass is 16.5. The highest BCUT2D eigenvalue weighted by Gasteiger charge is 2.19. The Labute approximate surface area is 119 Å². The molecule has 4 nitrogen and oxygen atoms in total. The molecule has 0 saturated carbocycles. The maximum absolute atomic E-state index is 10.6. The fourth-order valence-corrected chi connectivity index (χ4v) is 2.21. The van der Waals surface area contributed by atoms with Crippen LogP contribution in [0.3, 0.4) is 0 Å². The number of nitrogens with zero attached hydrogens (tertiary/aromatic N) is 1. The maximum Gasteiger partial charge on any atom is 0.125 e. The normalized spacial score (nSPS) is 12.1. The van der Waals surface area contributed by atoms with E-state index in [0.29, 0.717) is 22.8 Å². The first-order valence-electron chi connectivity index (χ1n) is 6.40. The maximum atomic E-state index is 10.6. The van der Waals surface area contributed by atoms with E-state index in [1.807, 2.05) is 19.9 Å². The van der Waals surface area contributed by atoms with Crippen molar-refractivity contribution in [3.05, 3.63) is 52.8 Å². The Balaban J connectivity index is 2.48. The SMILES string of the molecule is COc1ccc(OC)c(C(O)c2ncc(C)cc2C)c1.